The molecule has 2 aromatic carbocycles. The quantitative estimate of drug-likeness (QED) is 0.536. The summed E-state index contributed by atoms with van der Waals surface area (Å²) in [6.45, 7) is 2.02. The van der Waals surface area contributed by atoms with Crippen LogP contribution in [0.25, 0.3) is 16.9 Å². The maximum atomic E-state index is 13.2. The molecule has 6 nitrogen and oxygen atoms in total. The molecule has 0 saturated carbocycles. The molecule has 0 aliphatic rings. The summed E-state index contributed by atoms with van der Waals surface area (Å²) in [6, 6.07) is 21.4. The van der Waals surface area contributed by atoms with Crippen LogP contribution in [-0.4, -0.2) is 34.8 Å². The molecule has 0 bridgehead atoms. The van der Waals surface area contributed by atoms with Crippen molar-refractivity contribution < 1.29 is 4.79 Å². The minimum absolute atomic E-state index is 0.227. The van der Waals surface area contributed by atoms with Gasteiger partial charge < -0.3 is 10.2 Å². The average molecular weight is 397 g/mol. The molecule has 1 N–H and O–H groups in total. The highest BCUT2D eigenvalue weighted by molar-refractivity contribution is 6.08. The maximum Gasteiger partial charge on any atom is 0.259 e. The minimum atomic E-state index is -0.227. The van der Waals surface area contributed by atoms with Crippen LogP contribution in [0.1, 0.15) is 15.9 Å². The number of hydrogen-bond donors (Lipinski definition) is 1. The van der Waals surface area contributed by atoms with E-state index in [2.05, 4.69) is 10.3 Å². The van der Waals surface area contributed by atoms with Crippen LogP contribution >= 0.6 is 0 Å². The van der Waals surface area contributed by atoms with Crippen molar-refractivity contribution in [3.63, 3.8) is 0 Å². The molecule has 2 heterocycles. The summed E-state index contributed by atoms with van der Waals surface area (Å²) in [5.74, 6) is 0.598. The molecule has 0 unspecified atom stereocenters. The third-order valence-corrected chi connectivity index (χ3v) is 4.84. The van der Waals surface area contributed by atoms with E-state index in [1.165, 1.54) is 0 Å². The number of aryl methyl sites for hydroxylation is 1. The first-order valence-corrected chi connectivity index (χ1v) is 9.69. The predicted octanol–water partition coefficient (Wildman–Crippen LogP) is 4.56. The first-order valence-electron chi connectivity index (χ1n) is 9.69. The molecular weight excluding hydrogens is 374 g/mol. The lowest BCUT2D eigenvalue weighted by molar-refractivity contribution is 0.102. The first-order chi connectivity index (χ1) is 14.5. The number of carbonyl (C=O) groups excluding carboxylic acids is 1. The monoisotopic (exact) mass is 397 g/mol. The number of nitrogens with one attached hydrogen (secondary N) is 1. The van der Waals surface area contributed by atoms with Gasteiger partial charge in [-0.3, -0.25) is 4.79 Å². The Morgan fingerprint density at radius 3 is 2.37 bits per heavy atom. The molecule has 6 heteroatoms. The van der Waals surface area contributed by atoms with Crippen LogP contribution in [0, 0.1) is 6.92 Å². The van der Waals surface area contributed by atoms with E-state index in [1.54, 1.807) is 17.1 Å². The minimum Gasteiger partial charge on any atom is -0.363 e. The summed E-state index contributed by atoms with van der Waals surface area (Å²) < 4.78 is 1.74. The van der Waals surface area contributed by atoms with Gasteiger partial charge >= 0.3 is 0 Å². The van der Waals surface area contributed by atoms with Gasteiger partial charge in [0.15, 0.2) is 0 Å². The number of carbonyl (C=O) groups is 1. The molecule has 4 rings (SSSR count). The Labute approximate surface area is 175 Å². The Balaban J connectivity index is 1.73. The van der Waals surface area contributed by atoms with Gasteiger partial charge in [0.2, 0.25) is 0 Å². The lowest BCUT2D eigenvalue weighted by Crippen LogP contribution is -2.14. The fraction of sp³-hybridized carbons (Fsp3) is 0.125. The van der Waals surface area contributed by atoms with Crippen molar-refractivity contribution in [1.82, 2.24) is 14.8 Å². The van der Waals surface area contributed by atoms with Crippen LogP contribution in [-0.2, 0) is 0 Å². The second-order valence-corrected chi connectivity index (χ2v) is 7.24. The number of benzene rings is 2. The van der Waals surface area contributed by atoms with Crippen molar-refractivity contribution in [2.24, 2.45) is 0 Å². The van der Waals surface area contributed by atoms with Crippen LogP contribution in [0.15, 0.2) is 79.1 Å². The van der Waals surface area contributed by atoms with Crippen molar-refractivity contribution in [2.45, 2.75) is 6.92 Å². The predicted molar refractivity (Wildman–Crippen MR) is 120 cm³/mol. The molecule has 150 valence electrons. The highest BCUT2D eigenvalue weighted by Crippen LogP contribution is 2.27. The number of rotatable bonds is 5. The van der Waals surface area contributed by atoms with Crippen molar-refractivity contribution in [3.8, 4) is 16.9 Å². The number of hydrogen-bond acceptors (Lipinski definition) is 4. The first kappa shape index (κ1) is 19.4. The van der Waals surface area contributed by atoms with Gasteiger partial charge in [-0.1, -0.05) is 42.5 Å². The van der Waals surface area contributed by atoms with Gasteiger partial charge in [0.25, 0.3) is 5.91 Å². The Bertz CT molecular complexity index is 1160. The molecule has 30 heavy (non-hydrogen) atoms. The van der Waals surface area contributed by atoms with E-state index >= 15 is 0 Å². The maximum absolute atomic E-state index is 13.2. The Morgan fingerprint density at radius 1 is 0.967 bits per heavy atom. The van der Waals surface area contributed by atoms with E-state index in [9.17, 15) is 4.79 Å². The Hall–Kier alpha value is -3.93. The van der Waals surface area contributed by atoms with Gasteiger partial charge in [-0.15, -0.1) is 0 Å². The smallest absolute Gasteiger partial charge is 0.259 e. The summed E-state index contributed by atoms with van der Waals surface area (Å²) in [7, 11) is 3.85. The SMILES string of the molecule is Cc1ccccc1-c1nn(-c2ccccc2)cc1C(=O)Nc1ccc(N(C)C)nc1. The van der Waals surface area contributed by atoms with Crippen molar-refractivity contribution in [3.05, 3.63) is 90.3 Å². The van der Waals surface area contributed by atoms with E-state index in [0.717, 1.165) is 22.6 Å². The number of nitrogens with zero attached hydrogens (tertiary/aromatic N) is 4. The summed E-state index contributed by atoms with van der Waals surface area (Å²) in [4.78, 5) is 19.5. The molecule has 2 aromatic heterocycles. The average Bonchev–Trinajstić information content (AvgIpc) is 3.20. The second-order valence-electron chi connectivity index (χ2n) is 7.24. The number of anilines is 2. The van der Waals surface area contributed by atoms with Crippen molar-refractivity contribution in [1.29, 1.82) is 0 Å². The molecule has 0 aliphatic heterocycles. The third-order valence-electron chi connectivity index (χ3n) is 4.84. The van der Waals surface area contributed by atoms with Gasteiger partial charge in [0.1, 0.15) is 11.5 Å². The molecule has 0 saturated heterocycles. The normalized spacial score (nSPS) is 10.6. The van der Waals surface area contributed by atoms with E-state index in [0.29, 0.717) is 16.9 Å². The molecule has 0 atom stereocenters. The zero-order chi connectivity index (χ0) is 21.1. The van der Waals surface area contributed by atoms with Gasteiger partial charge in [-0.25, -0.2) is 9.67 Å². The van der Waals surface area contributed by atoms with E-state index < -0.39 is 0 Å². The number of amides is 1. The fourth-order valence-electron chi connectivity index (χ4n) is 3.21. The Morgan fingerprint density at radius 2 is 1.70 bits per heavy atom. The standard InChI is InChI=1S/C24H23N5O/c1-17-9-7-8-12-20(17)23-21(16-29(27-23)19-10-5-4-6-11-19)24(30)26-18-13-14-22(25-15-18)28(2)3/h4-16H,1-3H3,(H,26,30). The fourth-order valence-corrected chi connectivity index (χ4v) is 3.21. The highest BCUT2D eigenvalue weighted by atomic mass is 16.1. The van der Waals surface area contributed by atoms with E-state index in [1.807, 2.05) is 92.6 Å². The number of aromatic nitrogens is 3. The van der Waals surface area contributed by atoms with Gasteiger partial charge in [0, 0.05) is 25.9 Å². The molecule has 4 aromatic rings. The highest BCUT2D eigenvalue weighted by Gasteiger charge is 2.20. The Kier molecular flexibility index (Phi) is 5.30. The number of pyridine rings is 1. The van der Waals surface area contributed by atoms with Gasteiger partial charge in [-0.2, -0.15) is 5.10 Å². The zero-order valence-corrected chi connectivity index (χ0v) is 17.2. The van der Waals surface area contributed by atoms with Gasteiger partial charge in [-0.05, 0) is 36.8 Å². The van der Waals surface area contributed by atoms with Crippen LogP contribution in [0.2, 0.25) is 0 Å². The number of para-hydroxylation sites is 1. The molecule has 0 radical (unpaired) electrons. The summed E-state index contributed by atoms with van der Waals surface area (Å²) >= 11 is 0. The lowest BCUT2D eigenvalue weighted by Gasteiger charge is -2.11. The van der Waals surface area contributed by atoms with E-state index in [4.69, 9.17) is 5.10 Å². The molecule has 0 fully saturated rings. The van der Waals surface area contributed by atoms with Crippen LogP contribution in [0.5, 0.6) is 0 Å². The van der Waals surface area contributed by atoms with Crippen molar-refractivity contribution >= 4 is 17.4 Å². The molecule has 0 aliphatic carbocycles. The zero-order valence-electron chi connectivity index (χ0n) is 17.2. The second kappa shape index (κ2) is 8.21. The van der Waals surface area contributed by atoms with Gasteiger partial charge in [0.05, 0.1) is 23.1 Å². The van der Waals surface area contributed by atoms with Crippen LogP contribution < -0.4 is 10.2 Å². The molecule has 1 amide bonds. The molecule has 0 spiro atoms. The summed E-state index contributed by atoms with van der Waals surface area (Å²) in [5.41, 5.74) is 4.66. The molecular formula is C24H23N5O. The van der Waals surface area contributed by atoms with E-state index in [-0.39, 0.29) is 5.91 Å². The lowest BCUT2D eigenvalue weighted by atomic mass is 10.0. The largest absolute Gasteiger partial charge is 0.363 e. The summed E-state index contributed by atoms with van der Waals surface area (Å²) in [5, 5.41) is 7.69. The van der Waals surface area contributed by atoms with Crippen LogP contribution in [0.3, 0.4) is 0 Å². The third kappa shape index (κ3) is 3.93. The van der Waals surface area contributed by atoms with Crippen molar-refractivity contribution in [2.75, 3.05) is 24.3 Å². The summed E-state index contributed by atoms with van der Waals surface area (Å²) in [6.07, 6.45) is 3.43. The topological polar surface area (TPSA) is 63.1 Å². The van der Waals surface area contributed by atoms with Crippen LogP contribution in [0.4, 0.5) is 11.5 Å².